The quantitative estimate of drug-likeness (QED) is 0.370. The summed E-state index contributed by atoms with van der Waals surface area (Å²) in [5, 5.41) is 0. The lowest BCUT2D eigenvalue weighted by molar-refractivity contribution is -0.128. The molecular weight excluding hydrogens is 509 g/mol. The minimum Gasteiger partial charge on any atom is -0.462 e. The van der Waals surface area contributed by atoms with Crippen LogP contribution in [0.5, 0.6) is 6.01 Å². The van der Waals surface area contributed by atoms with Crippen molar-refractivity contribution in [3.05, 3.63) is 70.5 Å². The zero-order chi connectivity index (χ0) is 28.4. The number of piperazine rings is 1. The third-order valence-electron chi connectivity index (χ3n) is 8.62. The molecule has 4 heterocycles. The molecule has 0 aliphatic carbocycles. The second-order valence-corrected chi connectivity index (χ2v) is 11.1. The first-order valence-corrected chi connectivity index (χ1v) is 14.0. The molecule has 1 amide bonds. The molecule has 212 valence electrons. The molecule has 0 radical (unpaired) electrons. The van der Waals surface area contributed by atoms with Gasteiger partial charge in [0.2, 0.25) is 12.5 Å². The largest absolute Gasteiger partial charge is 0.462 e. The van der Waals surface area contributed by atoms with E-state index in [-0.39, 0.29) is 30.4 Å². The van der Waals surface area contributed by atoms with Crippen molar-refractivity contribution in [1.29, 1.82) is 0 Å². The van der Waals surface area contributed by atoms with Crippen LogP contribution in [0.15, 0.2) is 30.9 Å². The molecule has 3 atom stereocenters. The lowest BCUT2D eigenvalue weighted by atomic mass is 10.0. The molecule has 2 aromatic rings. The van der Waals surface area contributed by atoms with Crippen LogP contribution in [0.2, 0.25) is 0 Å². The molecule has 40 heavy (non-hydrogen) atoms. The zero-order valence-corrected chi connectivity index (χ0v) is 23.6. The number of aryl methyl sites for hydroxylation is 1. The highest BCUT2D eigenvalue weighted by atomic mass is 19.1. The second kappa shape index (κ2) is 11.9. The van der Waals surface area contributed by atoms with Crippen molar-refractivity contribution >= 4 is 11.7 Å². The summed E-state index contributed by atoms with van der Waals surface area (Å²) in [6.45, 7) is 19.8. The van der Waals surface area contributed by atoms with Gasteiger partial charge >= 0.3 is 6.01 Å². The van der Waals surface area contributed by atoms with Gasteiger partial charge in [-0.05, 0) is 69.6 Å². The summed E-state index contributed by atoms with van der Waals surface area (Å²) in [6.07, 6.45) is 3.56. The van der Waals surface area contributed by atoms with Gasteiger partial charge in [-0.15, -0.1) is 0 Å². The molecular formula is C30H38FN7O2. The van der Waals surface area contributed by atoms with Gasteiger partial charge in [0, 0.05) is 50.4 Å². The molecule has 1 unspecified atom stereocenters. The molecule has 10 heteroatoms. The first-order valence-electron chi connectivity index (χ1n) is 14.0. The number of fused-ring (bicyclic) bond motifs is 1. The van der Waals surface area contributed by atoms with E-state index in [9.17, 15) is 9.18 Å². The lowest BCUT2D eigenvalue weighted by Gasteiger charge is -2.40. The average Bonchev–Trinajstić information content (AvgIpc) is 3.57. The van der Waals surface area contributed by atoms with Crippen molar-refractivity contribution in [3.8, 4) is 6.01 Å². The van der Waals surface area contributed by atoms with Crippen molar-refractivity contribution in [3.63, 3.8) is 0 Å². The van der Waals surface area contributed by atoms with Crippen LogP contribution in [0.25, 0.3) is 4.85 Å². The van der Waals surface area contributed by atoms with Crippen LogP contribution in [0.1, 0.15) is 48.2 Å². The summed E-state index contributed by atoms with van der Waals surface area (Å²) in [6, 6.07) is 5.35. The van der Waals surface area contributed by atoms with Crippen LogP contribution < -0.4 is 9.64 Å². The molecule has 3 aliphatic heterocycles. The lowest BCUT2D eigenvalue weighted by Crippen LogP contribution is -2.56. The smallest absolute Gasteiger partial charge is 0.318 e. The number of aromatic nitrogens is 2. The third kappa shape index (κ3) is 5.67. The normalized spacial score (nSPS) is 22.2. The summed E-state index contributed by atoms with van der Waals surface area (Å²) in [5.74, 6) is 0.400. The van der Waals surface area contributed by atoms with Crippen LogP contribution in [-0.4, -0.2) is 89.0 Å². The molecule has 2 saturated heterocycles. The Morgan fingerprint density at radius 3 is 2.83 bits per heavy atom. The fourth-order valence-electron chi connectivity index (χ4n) is 6.17. The van der Waals surface area contributed by atoms with E-state index in [1.807, 2.05) is 13.0 Å². The number of halogens is 1. The van der Waals surface area contributed by atoms with Gasteiger partial charge in [-0.25, -0.2) is 11.0 Å². The van der Waals surface area contributed by atoms with Gasteiger partial charge in [0.05, 0.1) is 5.69 Å². The third-order valence-corrected chi connectivity index (χ3v) is 8.62. The van der Waals surface area contributed by atoms with Crippen LogP contribution >= 0.6 is 0 Å². The number of rotatable bonds is 8. The van der Waals surface area contributed by atoms with Gasteiger partial charge in [0.25, 0.3) is 0 Å². The van der Waals surface area contributed by atoms with Crippen molar-refractivity contribution < 1.29 is 13.9 Å². The summed E-state index contributed by atoms with van der Waals surface area (Å²) >= 11 is 0. The van der Waals surface area contributed by atoms with Crippen LogP contribution in [-0.2, 0) is 17.9 Å². The van der Waals surface area contributed by atoms with Gasteiger partial charge in [-0.1, -0.05) is 12.6 Å². The molecule has 5 rings (SSSR count). The topological polar surface area (TPSA) is 69.4 Å². The SMILES string of the molecule is [C-]#[N+]C[C@H]1CN(c2nc(OC[C@@H]3CCCN3C)nc3c2CN(C(C)c2cc(F)ccc2C)C3)CCN1C(=O)C=C. The average molecular weight is 548 g/mol. The molecule has 1 aromatic carbocycles. The molecule has 1 aromatic heterocycles. The number of likely N-dealkylation sites (N-methyl/N-ethyl adjacent to an activating group) is 1. The highest BCUT2D eigenvalue weighted by Crippen LogP contribution is 2.37. The number of hydrogen-bond donors (Lipinski definition) is 0. The molecule has 9 nitrogen and oxygen atoms in total. The highest BCUT2D eigenvalue weighted by Gasteiger charge is 2.36. The Morgan fingerprint density at radius 2 is 2.10 bits per heavy atom. The Morgan fingerprint density at radius 1 is 1.27 bits per heavy atom. The second-order valence-electron chi connectivity index (χ2n) is 11.1. The molecule has 2 fully saturated rings. The number of amides is 1. The fourth-order valence-corrected chi connectivity index (χ4v) is 6.17. The number of anilines is 1. The van der Waals surface area contributed by atoms with Crippen molar-refractivity contribution in [2.75, 3.05) is 51.3 Å². The maximum Gasteiger partial charge on any atom is 0.318 e. The molecule has 0 spiro atoms. The van der Waals surface area contributed by atoms with Gasteiger partial charge in [-0.2, -0.15) is 9.97 Å². The van der Waals surface area contributed by atoms with E-state index in [1.54, 1.807) is 11.0 Å². The molecule has 0 bridgehead atoms. The molecule has 3 aliphatic rings. The number of carbonyl (C=O) groups is 1. The maximum atomic E-state index is 14.1. The standard InChI is InChI=1S/C30H38FN7O2/c1-6-28(39)38-13-12-36(16-24(38)15-32-4)29-26-17-37(21(3)25-14-22(31)10-9-20(25)2)18-27(26)33-30(34-29)40-19-23-8-7-11-35(23)5/h6,9-10,14,21,23-24H,1,7-8,11-13,15-19H2,2-3,5H3/t21?,23-,24-/m0/s1. The predicted molar refractivity (Wildman–Crippen MR) is 151 cm³/mol. The van der Waals surface area contributed by atoms with E-state index in [0.29, 0.717) is 51.4 Å². The summed E-state index contributed by atoms with van der Waals surface area (Å²) < 4.78 is 20.3. The van der Waals surface area contributed by atoms with Crippen LogP contribution in [0.3, 0.4) is 0 Å². The Bertz CT molecular complexity index is 1310. The van der Waals surface area contributed by atoms with Crippen molar-refractivity contribution in [2.24, 2.45) is 0 Å². The minimum absolute atomic E-state index is 0.0221. The van der Waals surface area contributed by atoms with Gasteiger partial charge in [-0.3, -0.25) is 9.69 Å². The Hall–Kier alpha value is -3.55. The van der Waals surface area contributed by atoms with Gasteiger partial charge in [0.1, 0.15) is 24.3 Å². The number of hydrogen-bond acceptors (Lipinski definition) is 7. The number of benzene rings is 1. The Kier molecular flexibility index (Phi) is 8.33. The number of nitrogens with zero attached hydrogens (tertiary/aromatic N) is 7. The van der Waals surface area contributed by atoms with Gasteiger partial charge in [0.15, 0.2) is 0 Å². The predicted octanol–water partition coefficient (Wildman–Crippen LogP) is 3.60. The van der Waals surface area contributed by atoms with Crippen molar-refractivity contribution in [1.82, 2.24) is 24.7 Å². The van der Waals surface area contributed by atoms with E-state index >= 15 is 0 Å². The summed E-state index contributed by atoms with van der Waals surface area (Å²) in [4.78, 5) is 34.4. The van der Waals surface area contributed by atoms with Crippen molar-refractivity contribution in [2.45, 2.75) is 57.9 Å². The van der Waals surface area contributed by atoms with E-state index in [0.717, 1.165) is 47.6 Å². The Balaban J connectivity index is 1.44. The summed E-state index contributed by atoms with van der Waals surface area (Å²) in [5.41, 5.74) is 3.94. The molecule has 0 saturated carbocycles. The highest BCUT2D eigenvalue weighted by molar-refractivity contribution is 5.87. The maximum absolute atomic E-state index is 14.1. The first kappa shape index (κ1) is 28.0. The number of likely N-dealkylation sites (tertiary alicyclic amines) is 1. The van der Waals surface area contributed by atoms with Gasteiger partial charge < -0.3 is 24.3 Å². The van der Waals surface area contributed by atoms with E-state index in [2.05, 4.69) is 40.1 Å². The first-order chi connectivity index (χ1) is 19.3. The monoisotopic (exact) mass is 547 g/mol. The summed E-state index contributed by atoms with van der Waals surface area (Å²) in [7, 11) is 2.12. The van der Waals surface area contributed by atoms with E-state index in [1.165, 1.54) is 12.1 Å². The zero-order valence-electron chi connectivity index (χ0n) is 23.6. The number of ether oxygens (including phenoxy) is 1. The minimum atomic E-state index is -0.259. The van der Waals surface area contributed by atoms with Crippen LogP contribution in [0.4, 0.5) is 10.2 Å². The van der Waals surface area contributed by atoms with E-state index < -0.39 is 0 Å². The Labute approximate surface area is 236 Å². The van der Waals surface area contributed by atoms with Crippen LogP contribution in [0, 0.1) is 19.3 Å². The fraction of sp³-hybridized carbons (Fsp3) is 0.533. The van der Waals surface area contributed by atoms with E-state index in [4.69, 9.17) is 21.3 Å². The molecule has 0 N–H and O–H groups in total. The number of carbonyl (C=O) groups excluding carboxylic acids is 1.